The van der Waals surface area contributed by atoms with Gasteiger partial charge in [0.1, 0.15) is 5.75 Å². The molecule has 2 amide bonds. The molecule has 26 heavy (non-hydrogen) atoms. The minimum atomic E-state index is -0.153. The van der Waals surface area contributed by atoms with Crippen LogP contribution in [0, 0.1) is 0 Å². The van der Waals surface area contributed by atoms with Crippen LogP contribution in [0.25, 0.3) is 0 Å². The molecular weight excluding hydrogens is 332 g/mol. The van der Waals surface area contributed by atoms with Gasteiger partial charge in [-0.25, -0.2) is 4.79 Å². The Morgan fingerprint density at radius 3 is 2.77 bits per heavy atom. The van der Waals surface area contributed by atoms with Crippen LogP contribution in [-0.2, 0) is 9.47 Å². The molecule has 0 saturated carbocycles. The zero-order valence-corrected chi connectivity index (χ0v) is 14.9. The highest BCUT2D eigenvalue weighted by Gasteiger charge is 2.24. The standard InChI is InChI=1S/C20H24N2O4/c1-24-13-11-17-15-22(12-14-25-17)20(23)21-18-9-5-6-10-19(18)26-16-7-3-2-4-8-16/h2-10,17H,11-15H2,1H3,(H,21,23)/t17-/m0/s1. The van der Waals surface area contributed by atoms with Gasteiger partial charge in [-0.1, -0.05) is 30.3 Å². The number of nitrogens with zero attached hydrogens (tertiary/aromatic N) is 1. The second-order valence-electron chi connectivity index (χ2n) is 6.06. The molecule has 1 saturated heterocycles. The van der Waals surface area contributed by atoms with Crippen molar-refractivity contribution in [3.63, 3.8) is 0 Å². The van der Waals surface area contributed by atoms with Crippen LogP contribution in [0.1, 0.15) is 6.42 Å². The lowest BCUT2D eigenvalue weighted by molar-refractivity contribution is -0.0260. The Labute approximate surface area is 153 Å². The minimum Gasteiger partial charge on any atom is -0.455 e. The molecule has 1 atom stereocenters. The Morgan fingerprint density at radius 2 is 1.96 bits per heavy atom. The molecule has 138 valence electrons. The first kappa shape index (κ1) is 18.2. The van der Waals surface area contributed by atoms with Crippen LogP contribution in [0.2, 0.25) is 0 Å². The van der Waals surface area contributed by atoms with Crippen molar-refractivity contribution in [2.24, 2.45) is 0 Å². The second kappa shape index (κ2) is 9.22. The number of hydrogen-bond acceptors (Lipinski definition) is 4. The first-order valence-corrected chi connectivity index (χ1v) is 8.74. The lowest BCUT2D eigenvalue weighted by Gasteiger charge is -2.33. The van der Waals surface area contributed by atoms with Crippen molar-refractivity contribution in [3.8, 4) is 11.5 Å². The van der Waals surface area contributed by atoms with E-state index < -0.39 is 0 Å². The van der Waals surface area contributed by atoms with Gasteiger partial charge < -0.3 is 24.4 Å². The zero-order chi connectivity index (χ0) is 18.2. The molecule has 2 aromatic carbocycles. The molecule has 0 unspecified atom stereocenters. The van der Waals surface area contributed by atoms with E-state index in [1.54, 1.807) is 12.0 Å². The number of rotatable bonds is 6. The number of carbonyl (C=O) groups excluding carboxylic acids is 1. The summed E-state index contributed by atoms with van der Waals surface area (Å²) < 4.78 is 16.7. The van der Waals surface area contributed by atoms with Gasteiger partial charge >= 0.3 is 6.03 Å². The number of anilines is 1. The normalized spacial score (nSPS) is 17.0. The van der Waals surface area contributed by atoms with E-state index in [1.165, 1.54) is 0 Å². The summed E-state index contributed by atoms with van der Waals surface area (Å²) in [6, 6.07) is 16.8. The molecule has 6 nitrogen and oxygen atoms in total. The predicted molar refractivity (Wildman–Crippen MR) is 99.8 cm³/mol. The number of para-hydroxylation sites is 3. The number of nitrogens with one attached hydrogen (secondary N) is 1. The Balaban J connectivity index is 1.64. The third-order valence-corrected chi connectivity index (χ3v) is 4.17. The number of amides is 2. The summed E-state index contributed by atoms with van der Waals surface area (Å²) in [6.45, 7) is 2.27. The van der Waals surface area contributed by atoms with E-state index in [0.717, 1.165) is 12.2 Å². The van der Waals surface area contributed by atoms with E-state index in [-0.39, 0.29) is 12.1 Å². The van der Waals surface area contributed by atoms with E-state index in [1.807, 2.05) is 54.6 Å². The fraction of sp³-hybridized carbons (Fsp3) is 0.350. The van der Waals surface area contributed by atoms with Crippen LogP contribution in [0.5, 0.6) is 11.5 Å². The first-order chi connectivity index (χ1) is 12.8. The molecule has 3 rings (SSSR count). The van der Waals surface area contributed by atoms with Crippen LogP contribution >= 0.6 is 0 Å². The zero-order valence-electron chi connectivity index (χ0n) is 14.9. The molecule has 1 aliphatic rings. The molecule has 0 aromatic heterocycles. The third kappa shape index (κ3) is 4.97. The summed E-state index contributed by atoms with van der Waals surface area (Å²) in [5, 5.41) is 2.95. The highest BCUT2D eigenvalue weighted by Crippen LogP contribution is 2.29. The van der Waals surface area contributed by atoms with E-state index in [9.17, 15) is 4.79 Å². The quantitative estimate of drug-likeness (QED) is 0.856. The van der Waals surface area contributed by atoms with Gasteiger partial charge in [0, 0.05) is 26.8 Å². The number of hydrogen-bond donors (Lipinski definition) is 1. The van der Waals surface area contributed by atoms with Crippen LogP contribution in [-0.4, -0.2) is 50.4 Å². The van der Waals surface area contributed by atoms with Gasteiger partial charge in [-0.15, -0.1) is 0 Å². The maximum atomic E-state index is 12.7. The molecule has 1 fully saturated rings. The van der Waals surface area contributed by atoms with Crippen LogP contribution in [0.3, 0.4) is 0 Å². The molecule has 1 heterocycles. The van der Waals surface area contributed by atoms with Crippen molar-refractivity contribution in [1.82, 2.24) is 4.90 Å². The summed E-state index contributed by atoms with van der Waals surface area (Å²) >= 11 is 0. The number of benzene rings is 2. The lowest BCUT2D eigenvalue weighted by atomic mass is 10.2. The molecule has 6 heteroatoms. The van der Waals surface area contributed by atoms with Crippen LogP contribution in [0.15, 0.2) is 54.6 Å². The minimum absolute atomic E-state index is 0.00487. The van der Waals surface area contributed by atoms with Crippen molar-refractivity contribution < 1.29 is 19.0 Å². The molecular formula is C20H24N2O4. The Bertz CT molecular complexity index is 708. The molecule has 0 radical (unpaired) electrons. The maximum Gasteiger partial charge on any atom is 0.322 e. The number of urea groups is 1. The van der Waals surface area contributed by atoms with Crippen molar-refractivity contribution in [2.45, 2.75) is 12.5 Å². The average Bonchev–Trinajstić information content (AvgIpc) is 2.69. The Kier molecular flexibility index (Phi) is 6.46. The summed E-state index contributed by atoms with van der Waals surface area (Å²) in [6.07, 6.45) is 0.777. The van der Waals surface area contributed by atoms with Crippen LogP contribution < -0.4 is 10.1 Å². The summed E-state index contributed by atoms with van der Waals surface area (Å²) in [5.41, 5.74) is 0.640. The Hall–Kier alpha value is -2.57. The largest absolute Gasteiger partial charge is 0.455 e. The summed E-state index contributed by atoms with van der Waals surface area (Å²) in [5.74, 6) is 1.33. The van der Waals surface area contributed by atoms with Crippen molar-refractivity contribution in [3.05, 3.63) is 54.6 Å². The van der Waals surface area contributed by atoms with Gasteiger partial charge in [-0.3, -0.25) is 0 Å². The lowest BCUT2D eigenvalue weighted by Crippen LogP contribution is -2.47. The van der Waals surface area contributed by atoms with E-state index in [2.05, 4.69) is 5.32 Å². The summed E-state index contributed by atoms with van der Waals surface area (Å²) in [7, 11) is 1.66. The topological polar surface area (TPSA) is 60.0 Å². The highest BCUT2D eigenvalue weighted by molar-refractivity contribution is 5.91. The van der Waals surface area contributed by atoms with Gasteiger partial charge in [0.2, 0.25) is 0 Å². The fourth-order valence-corrected chi connectivity index (χ4v) is 2.80. The average molecular weight is 356 g/mol. The number of ether oxygens (including phenoxy) is 3. The molecule has 0 aliphatic carbocycles. The van der Waals surface area contributed by atoms with Crippen LogP contribution in [0.4, 0.5) is 10.5 Å². The summed E-state index contributed by atoms with van der Waals surface area (Å²) in [4.78, 5) is 14.4. The smallest absolute Gasteiger partial charge is 0.322 e. The molecule has 0 spiro atoms. The van der Waals surface area contributed by atoms with Gasteiger partial charge in [-0.2, -0.15) is 0 Å². The van der Waals surface area contributed by atoms with E-state index in [0.29, 0.717) is 37.7 Å². The molecule has 1 N–H and O–H groups in total. The number of morpholine rings is 1. The Morgan fingerprint density at radius 1 is 1.19 bits per heavy atom. The van der Waals surface area contributed by atoms with E-state index >= 15 is 0 Å². The first-order valence-electron chi connectivity index (χ1n) is 8.74. The number of carbonyl (C=O) groups is 1. The van der Waals surface area contributed by atoms with Gasteiger partial charge in [0.25, 0.3) is 0 Å². The molecule has 1 aliphatic heterocycles. The SMILES string of the molecule is COCC[C@H]1CN(C(=O)Nc2ccccc2Oc2ccccc2)CCO1. The highest BCUT2D eigenvalue weighted by atomic mass is 16.5. The van der Waals surface area contributed by atoms with Gasteiger partial charge in [-0.05, 0) is 30.7 Å². The predicted octanol–water partition coefficient (Wildman–Crippen LogP) is 3.75. The second-order valence-corrected chi connectivity index (χ2v) is 6.06. The van der Waals surface area contributed by atoms with Crippen molar-refractivity contribution in [1.29, 1.82) is 0 Å². The monoisotopic (exact) mass is 356 g/mol. The third-order valence-electron chi connectivity index (χ3n) is 4.17. The number of methoxy groups -OCH3 is 1. The van der Waals surface area contributed by atoms with Crippen molar-refractivity contribution in [2.75, 3.05) is 38.7 Å². The van der Waals surface area contributed by atoms with Gasteiger partial charge in [0.05, 0.1) is 18.4 Å². The maximum absolute atomic E-state index is 12.7. The van der Waals surface area contributed by atoms with E-state index in [4.69, 9.17) is 14.2 Å². The van der Waals surface area contributed by atoms with Crippen molar-refractivity contribution >= 4 is 11.7 Å². The fourth-order valence-electron chi connectivity index (χ4n) is 2.80. The molecule has 0 bridgehead atoms. The molecule has 2 aromatic rings. The van der Waals surface area contributed by atoms with Gasteiger partial charge in [0.15, 0.2) is 5.75 Å².